The molecule has 4 heteroatoms. The largest absolute Gasteiger partial charge is 0.488 e. The van der Waals surface area contributed by atoms with E-state index in [0.29, 0.717) is 10.9 Å². The third-order valence-corrected chi connectivity index (χ3v) is 3.60. The van der Waals surface area contributed by atoms with Crippen LogP contribution in [0.25, 0.3) is 0 Å². The predicted octanol–water partition coefficient (Wildman–Crippen LogP) is 4.89. The van der Waals surface area contributed by atoms with Gasteiger partial charge in [0.1, 0.15) is 11.9 Å². The van der Waals surface area contributed by atoms with Gasteiger partial charge < -0.3 is 10.1 Å². The van der Waals surface area contributed by atoms with Gasteiger partial charge in [-0.3, -0.25) is 0 Å². The Balaban J connectivity index is 2.73. The molecule has 1 rings (SSSR count). The third-order valence-electron chi connectivity index (χ3n) is 2.75. The molecule has 0 saturated carbocycles. The van der Waals surface area contributed by atoms with Crippen LogP contribution in [0.5, 0.6) is 5.75 Å². The highest BCUT2D eigenvalue weighted by molar-refractivity contribution is 9.10. The lowest BCUT2D eigenvalue weighted by atomic mass is 10.0. The Morgan fingerprint density at radius 3 is 2.42 bits per heavy atom. The number of nitrogens with one attached hydrogen (secondary N) is 1. The minimum Gasteiger partial charge on any atom is -0.488 e. The van der Waals surface area contributed by atoms with Crippen LogP contribution in [0.4, 0.5) is 0 Å². The van der Waals surface area contributed by atoms with E-state index in [4.69, 9.17) is 16.3 Å². The van der Waals surface area contributed by atoms with Crippen LogP contribution in [0, 0.1) is 5.92 Å². The van der Waals surface area contributed by atoms with Gasteiger partial charge in [-0.15, -0.1) is 0 Å². The molecule has 19 heavy (non-hydrogen) atoms. The minimum atomic E-state index is 0.0910. The maximum atomic E-state index is 6.09. The second kappa shape index (κ2) is 6.96. The van der Waals surface area contributed by atoms with Crippen molar-refractivity contribution in [1.29, 1.82) is 0 Å². The molecule has 0 aliphatic heterocycles. The zero-order valence-electron chi connectivity index (χ0n) is 12.3. The summed E-state index contributed by atoms with van der Waals surface area (Å²) in [5.41, 5.74) is 0.0910. The first-order valence-electron chi connectivity index (χ1n) is 6.56. The van der Waals surface area contributed by atoms with E-state index >= 15 is 0 Å². The first-order valence-corrected chi connectivity index (χ1v) is 7.73. The lowest BCUT2D eigenvalue weighted by molar-refractivity contribution is 0.139. The zero-order valence-corrected chi connectivity index (χ0v) is 14.6. The van der Waals surface area contributed by atoms with Crippen LogP contribution in [0.2, 0.25) is 5.02 Å². The van der Waals surface area contributed by atoms with Crippen molar-refractivity contribution in [3.8, 4) is 5.75 Å². The summed E-state index contributed by atoms with van der Waals surface area (Å²) in [4.78, 5) is 0. The Hall–Kier alpha value is -0.250. The van der Waals surface area contributed by atoms with Crippen molar-refractivity contribution in [2.75, 3.05) is 6.54 Å². The summed E-state index contributed by atoms with van der Waals surface area (Å²) >= 11 is 9.42. The summed E-state index contributed by atoms with van der Waals surface area (Å²) < 4.78 is 6.98. The summed E-state index contributed by atoms with van der Waals surface area (Å²) in [6, 6.07) is 5.60. The normalized spacial score (nSPS) is 13.7. The summed E-state index contributed by atoms with van der Waals surface area (Å²) in [5, 5.41) is 4.19. The molecule has 0 bridgehead atoms. The van der Waals surface area contributed by atoms with E-state index in [1.165, 1.54) is 0 Å². The molecule has 1 aromatic carbocycles. The lowest BCUT2D eigenvalue weighted by Gasteiger charge is -2.28. The van der Waals surface area contributed by atoms with Crippen LogP contribution in [-0.2, 0) is 0 Å². The van der Waals surface area contributed by atoms with Gasteiger partial charge >= 0.3 is 0 Å². The van der Waals surface area contributed by atoms with Crippen LogP contribution < -0.4 is 10.1 Å². The molecule has 108 valence electrons. The van der Waals surface area contributed by atoms with E-state index < -0.39 is 0 Å². The average molecular weight is 349 g/mol. The fourth-order valence-corrected chi connectivity index (χ4v) is 2.33. The number of benzene rings is 1. The van der Waals surface area contributed by atoms with Crippen LogP contribution >= 0.6 is 27.5 Å². The van der Waals surface area contributed by atoms with E-state index in [2.05, 4.69) is 55.9 Å². The summed E-state index contributed by atoms with van der Waals surface area (Å²) in [7, 11) is 0. The van der Waals surface area contributed by atoms with Crippen LogP contribution in [0.15, 0.2) is 22.7 Å². The quantitative estimate of drug-likeness (QED) is 0.817. The van der Waals surface area contributed by atoms with Crippen molar-refractivity contribution in [3.05, 3.63) is 27.7 Å². The van der Waals surface area contributed by atoms with E-state index in [0.717, 1.165) is 16.8 Å². The van der Waals surface area contributed by atoms with Gasteiger partial charge in [0.2, 0.25) is 0 Å². The third kappa shape index (κ3) is 6.15. The van der Waals surface area contributed by atoms with Gasteiger partial charge in [-0.1, -0.05) is 25.4 Å². The molecule has 0 spiro atoms. The van der Waals surface area contributed by atoms with E-state index in [1.807, 2.05) is 18.2 Å². The summed E-state index contributed by atoms with van der Waals surface area (Å²) in [5.74, 6) is 1.26. The Kier molecular flexibility index (Phi) is 6.15. The second-order valence-electron chi connectivity index (χ2n) is 6.11. The van der Waals surface area contributed by atoms with Crippen LogP contribution in [-0.4, -0.2) is 18.2 Å². The number of hydrogen-bond acceptors (Lipinski definition) is 2. The molecule has 0 aliphatic carbocycles. The van der Waals surface area contributed by atoms with Gasteiger partial charge in [0, 0.05) is 17.1 Å². The molecule has 1 aromatic rings. The smallest absolute Gasteiger partial charge is 0.134 e. The fraction of sp³-hybridized carbons (Fsp3) is 0.600. The van der Waals surface area contributed by atoms with Crippen molar-refractivity contribution in [1.82, 2.24) is 5.32 Å². The molecule has 0 amide bonds. The molecule has 0 saturated heterocycles. The zero-order chi connectivity index (χ0) is 14.6. The molecule has 1 atom stereocenters. The van der Waals surface area contributed by atoms with E-state index in [9.17, 15) is 0 Å². The topological polar surface area (TPSA) is 21.3 Å². The molecule has 1 unspecified atom stereocenters. The van der Waals surface area contributed by atoms with Crippen molar-refractivity contribution in [2.24, 2.45) is 5.92 Å². The highest BCUT2D eigenvalue weighted by Gasteiger charge is 2.19. The predicted molar refractivity (Wildman–Crippen MR) is 86.2 cm³/mol. The summed E-state index contributed by atoms with van der Waals surface area (Å²) in [6.45, 7) is 11.6. The van der Waals surface area contributed by atoms with Gasteiger partial charge in [0.15, 0.2) is 0 Å². The standard InChI is InChI=1S/C15H23BrClNO/c1-10(2)14(9-18-15(3,4)5)19-13-7-6-11(17)8-12(13)16/h6-8,10,14,18H,9H2,1-5H3. The lowest BCUT2D eigenvalue weighted by Crippen LogP contribution is -2.44. The Morgan fingerprint density at radius 2 is 1.95 bits per heavy atom. The number of halogens is 2. The number of hydrogen-bond donors (Lipinski definition) is 1. The van der Waals surface area contributed by atoms with Gasteiger partial charge in [0.25, 0.3) is 0 Å². The molecule has 0 heterocycles. The second-order valence-corrected chi connectivity index (χ2v) is 7.40. The van der Waals surface area contributed by atoms with Gasteiger partial charge in [0.05, 0.1) is 4.47 Å². The van der Waals surface area contributed by atoms with Crippen molar-refractivity contribution in [2.45, 2.75) is 46.3 Å². The molecular formula is C15H23BrClNO. The maximum absolute atomic E-state index is 6.09. The minimum absolute atomic E-state index is 0.0910. The van der Waals surface area contributed by atoms with Crippen molar-refractivity contribution in [3.63, 3.8) is 0 Å². The molecule has 0 fully saturated rings. The SMILES string of the molecule is CC(C)C(CNC(C)(C)C)Oc1ccc(Cl)cc1Br. The van der Waals surface area contributed by atoms with Crippen LogP contribution in [0.3, 0.4) is 0 Å². The van der Waals surface area contributed by atoms with Gasteiger partial charge in [-0.05, 0) is 60.8 Å². The number of ether oxygens (including phenoxy) is 1. The maximum Gasteiger partial charge on any atom is 0.134 e. The Bertz CT molecular complexity index is 415. The highest BCUT2D eigenvalue weighted by atomic mass is 79.9. The monoisotopic (exact) mass is 347 g/mol. The Labute approximate surface area is 130 Å². The van der Waals surface area contributed by atoms with Gasteiger partial charge in [-0.25, -0.2) is 0 Å². The van der Waals surface area contributed by atoms with Crippen molar-refractivity contribution < 1.29 is 4.74 Å². The highest BCUT2D eigenvalue weighted by Crippen LogP contribution is 2.29. The molecular weight excluding hydrogens is 326 g/mol. The van der Waals surface area contributed by atoms with Gasteiger partial charge in [-0.2, -0.15) is 0 Å². The number of rotatable bonds is 5. The Morgan fingerprint density at radius 1 is 1.32 bits per heavy atom. The molecule has 0 aliphatic rings. The van der Waals surface area contributed by atoms with E-state index in [1.54, 1.807) is 0 Å². The fourth-order valence-electron chi connectivity index (χ4n) is 1.55. The first-order chi connectivity index (χ1) is 8.69. The molecule has 1 N–H and O–H groups in total. The first kappa shape index (κ1) is 16.8. The summed E-state index contributed by atoms with van der Waals surface area (Å²) in [6.07, 6.45) is 0.122. The van der Waals surface area contributed by atoms with Crippen molar-refractivity contribution >= 4 is 27.5 Å². The molecule has 2 nitrogen and oxygen atoms in total. The molecule has 0 aromatic heterocycles. The average Bonchev–Trinajstić information content (AvgIpc) is 2.24. The molecule has 0 radical (unpaired) electrons. The van der Waals surface area contributed by atoms with Crippen LogP contribution in [0.1, 0.15) is 34.6 Å². The van der Waals surface area contributed by atoms with E-state index in [-0.39, 0.29) is 11.6 Å².